The maximum atomic E-state index is 6.03. The van der Waals surface area contributed by atoms with Gasteiger partial charge < -0.3 is 0 Å². The summed E-state index contributed by atoms with van der Waals surface area (Å²) in [5.74, 6) is 0. The van der Waals surface area contributed by atoms with Gasteiger partial charge in [-0.2, -0.15) is 0 Å². The Hall–Kier alpha value is 1.16. The minimum absolute atomic E-state index is 0.00154. The first kappa shape index (κ1) is 11.2. The highest BCUT2D eigenvalue weighted by Crippen LogP contribution is 2.30. The van der Waals surface area contributed by atoms with E-state index in [-0.39, 0.29) is 21.5 Å². The van der Waals surface area contributed by atoms with E-state index >= 15 is 0 Å². The number of halogens is 4. The number of alkyl halides is 4. The molecule has 12 heavy (non-hydrogen) atoms. The first-order valence-corrected chi connectivity index (χ1v) is 5.90. The van der Waals surface area contributed by atoms with Crippen molar-refractivity contribution in [1.82, 2.24) is 0 Å². The summed E-state index contributed by atoms with van der Waals surface area (Å²) in [7, 11) is 0. The Morgan fingerprint density at radius 1 is 0.667 bits per heavy atom. The predicted molar refractivity (Wildman–Crippen MR) is 57.0 cm³/mol. The highest BCUT2D eigenvalue weighted by molar-refractivity contribution is 6.31. The third-order valence-corrected chi connectivity index (χ3v) is 4.03. The first-order valence-electron chi connectivity index (χ1n) is 4.16. The minimum atomic E-state index is -0.00154. The van der Waals surface area contributed by atoms with Crippen LogP contribution in [0.5, 0.6) is 0 Å². The summed E-state index contributed by atoms with van der Waals surface area (Å²) in [5, 5.41) is 0.266. The zero-order valence-corrected chi connectivity index (χ0v) is 9.67. The average molecular weight is 250 g/mol. The molecule has 0 nitrogen and oxygen atoms in total. The number of hydrogen-bond donors (Lipinski definition) is 0. The summed E-state index contributed by atoms with van der Waals surface area (Å²) in [6, 6.07) is 0. The molecule has 72 valence electrons. The van der Waals surface area contributed by atoms with E-state index in [2.05, 4.69) is 0 Å². The van der Waals surface area contributed by atoms with E-state index in [9.17, 15) is 0 Å². The molecule has 0 aromatic carbocycles. The van der Waals surface area contributed by atoms with Crippen LogP contribution in [-0.4, -0.2) is 21.5 Å². The molecule has 1 saturated carbocycles. The molecule has 4 atom stereocenters. The van der Waals surface area contributed by atoms with Crippen molar-refractivity contribution in [2.75, 3.05) is 0 Å². The lowest BCUT2D eigenvalue weighted by atomic mass is 9.99. The van der Waals surface area contributed by atoms with E-state index in [1.54, 1.807) is 0 Å². The second-order valence-electron chi connectivity index (χ2n) is 3.28. The van der Waals surface area contributed by atoms with E-state index < -0.39 is 0 Å². The molecule has 0 radical (unpaired) electrons. The fraction of sp³-hybridized carbons (Fsp3) is 1.00. The van der Waals surface area contributed by atoms with Gasteiger partial charge in [0.15, 0.2) is 0 Å². The molecule has 4 heteroatoms. The van der Waals surface area contributed by atoms with Gasteiger partial charge in [0.2, 0.25) is 0 Å². The zero-order valence-electron chi connectivity index (χ0n) is 6.65. The topological polar surface area (TPSA) is 0 Å². The summed E-state index contributed by atoms with van der Waals surface area (Å²) in [6.07, 6.45) is 3.42. The van der Waals surface area contributed by atoms with Gasteiger partial charge in [0.25, 0.3) is 0 Å². The van der Waals surface area contributed by atoms with Crippen LogP contribution in [0.3, 0.4) is 0 Å². The standard InChI is InChI=1S/C8H12Cl4/c9-5-1-2-7(11)8(12)4-6(10)3-5/h5-8H,1-4H2. The molecule has 0 saturated heterocycles. The normalized spacial score (nSPS) is 45.0. The molecule has 0 aromatic heterocycles. The summed E-state index contributed by atoms with van der Waals surface area (Å²) >= 11 is 24.1. The van der Waals surface area contributed by atoms with E-state index in [1.807, 2.05) is 0 Å². The van der Waals surface area contributed by atoms with Gasteiger partial charge in [0.1, 0.15) is 0 Å². The van der Waals surface area contributed by atoms with Crippen LogP contribution in [0, 0.1) is 0 Å². The molecule has 0 heterocycles. The molecule has 1 aliphatic rings. The maximum Gasteiger partial charge on any atom is 0.0513 e. The summed E-state index contributed by atoms with van der Waals surface area (Å²) in [6.45, 7) is 0. The van der Waals surface area contributed by atoms with Crippen LogP contribution < -0.4 is 0 Å². The van der Waals surface area contributed by atoms with Crippen molar-refractivity contribution in [1.29, 1.82) is 0 Å². The van der Waals surface area contributed by atoms with E-state index in [4.69, 9.17) is 46.4 Å². The quantitative estimate of drug-likeness (QED) is 0.570. The van der Waals surface area contributed by atoms with Crippen molar-refractivity contribution in [3.8, 4) is 0 Å². The lowest BCUT2D eigenvalue weighted by molar-refractivity contribution is 0.524. The highest BCUT2D eigenvalue weighted by atomic mass is 35.5. The zero-order chi connectivity index (χ0) is 9.14. The molecule has 0 N–H and O–H groups in total. The molecule has 0 aliphatic heterocycles. The van der Waals surface area contributed by atoms with Gasteiger partial charge in [-0.25, -0.2) is 0 Å². The van der Waals surface area contributed by atoms with Crippen molar-refractivity contribution in [3.63, 3.8) is 0 Å². The molecule has 1 aliphatic carbocycles. The van der Waals surface area contributed by atoms with E-state index in [0.29, 0.717) is 0 Å². The van der Waals surface area contributed by atoms with E-state index in [1.165, 1.54) is 0 Å². The van der Waals surface area contributed by atoms with Crippen LogP contribution >= 0.6 is 46.4 Å². The molecule has 1 fully saturated rings. The fourth-order valence-corrected chi connectivity index (χ4v) is 2.90. The first-order chi connectivity index (χ1) is 5.59. The van der Waals surface area contributed by atoms with Gasteiger partial charge in [-0.05, 0) is 25.7 Å². The summed E-state index contributed by atoms with van der Waals surface area (Å²) in [4.78, 5) is 0. The van der Waals surface area contributed by atoms with Crippen molar-refractivity contribution in [2.45, 2.75) is 47.2 Å². The average Bonchev–Trinajstić information content (AvgIpc) is 1.98. The number of hydrogen-bond acceptors (Lipinski definition) is 0. The summed E-state index contributed by atoms with van der Waals surface area (Å²) in [5.41, 5.74) is 0. The Morgan fingerprint density at radius 3 is 2.00 bits per heavy atom. The monoisotopic (exact) mass is 248 g/mol. The van der Waals surface area contributed by atoms with Crippen molar-refractivity contribution in [2.24, 2.45) is 0 Å². The fourth-order valence-electron chi connectivity index (χ4n) is 1.40. The van der Waals surface area contributed by atoms with Crippen LogP contribution in [0.4, 0.5) is 0 Å². The molecule has 0 spiro atoms. The second-order valence-corrected chi connectivity index (χ2v) is 5.63. The molecular formula is C8H12Cl4. The van der Waals surface area contributed by atoms with Crippen molar-refractivity contribution in [3.05, 3.63) is 0 Å². The van der Waals surface area contributed by atoms with Crippen LogP contribution in [-0.2, 0) is 0 Å². The Kier molecular flexibility index (Phi) is 4.82. The molecule has 4 unspecified atom stereocenters. The van der Waals surface area contributed by atoms with Crippen molar-refractivity contribution >= 4 is 46.4 Å². The smallest absolute Gasteiger partial charge is 0.0513 e. The van der Waals surface area contributed by atoms with Crippen LogP contribution in [0.2, 0.25) is 0 Å². The van der Waals surface area contributed by atoms with Crippen LogP contribution in [0.15, 0.2) is 0 Å². The Balaban J connectivity index is 2.46. The van der Waals surface area contributed by atoms with Gasteiger partial charge in [-0.1, -0.05) is 0 Å². The van der Waals surface area contributed by atoms with Crippen molar-refractivity contribution < 1.29 is 0 Å². The van der Waals surface area contributed by atoms with Gasteiger partial charge >= 0.3 is 0 Å². The third-order valence-electron chi connectivity index (χ3n) is 2.14. The van der Waals surface area contributed by atoms with Crippen LogP contribution in [0.1, 0.15) is 25.7 Å². The van der Waals surface area contributed by atoms with Crippen LogP contribution in [0.25, 0.3) is 0 Å². The summed E-state index contributed by atoms with van der Waals surface area (Å²) < 4.78 is 0. The van der Waals surface area contributed by atoms with Gasteiger partial charge in [-0.15, -0.1) is 46.4 Å². The number of rotatable bonds is 0. The minimum Gasteiger partial charge on any atom is -0.123 e. The Bertz CT molecular complexity index is 139. The Morgan fingerprint density at radius 2 is 1.33 bits per heavy atom. The lowest BCUT2D eigenvalue weighted by Crippen LogP contribution is -2.25. The third kappa shape index (κ3) is 3.49. The molecule has 1 rings (SSSR count). The largest absolute Gasteiger partial charge is 0.123 e. The second kappa shape index (κ2) is 5.14. The highest BCUT2D eigenvalue weighted by Gasteiger charge is 2.25. The van der Waals surface area contributed by atoms with Gasteiger partial charge in [0.05, 0.1) is 10.8 Å². The molecule has 0 amide bonds. The lowest BCUT2D eigenvalue weighted by Gasteiger charge is -2.24. The maximum absolute atomic E-state index is 6.03. The molecule has 0 bridgehead atoms. The molecular weight excluding hydrogens is 238 g/mol. The predicted octanol–water partition coefficient (Wildman–Crippen LogP) is 3.99. The van der Waals surface area contributed by atoms with Gasteiger partial charge in [-0.3, -0.25) is 0 Å². The Labute approximate surface area is 93.5 Å². The van der Waals surface area contributed by atoms with Gasteiger partial charge in [0, 0.05) is 10.8 Å². The SMILES string of the molecule is ClC1CCC(Cl)C(Cl)CC(Cl)C1. The van der Waals surface area contributed by atoms with E-state index in [0.717, 1.165) is 25.7 Å². The molecule has 0 aromatic rings.